The van der Waals surface area contributed by atoms with Crippen LogP contribution in [0, 0.1) is 6.92 Å². The highest BCUT2D eigenvalue weighted by Gasteiger charge is 2.18. The van der Waals surface area contributed by atoms with Crippen LogP contribution in [0.15, 0.2) is 65.8 Å². The molecule has 27 heavy (non-hydrogen) atoms. The van der Waals surface area contributed by atoms with Gasteiger partial charge in [-0.15, -0.1) is 0 Å². The molecule has 2 amide bonds. The number of amides is 2. The van der Waals surface area contributed by atoms with Crippen molar-refractivity contribution in [1.29, 1.82) is 0 Å². The smallest absolute Gasteiger partial charge is 0.323 e. The largest absolute Gasteiger partial charge is 0.337 e. The lowest BCUT2D eigenvalue weighted by Crippen LogP contribution is -2.19. The molecule has 0 aliphatic rings. The Morgan fingerprint density at radius 2 is 1.59 bits per heavy atom. The molecule has 0 spiro atoms. The number of anilines is 3. The van der Waals surface area contributed by atoms with Crippen molar-refractivity contribution >= 4 is 33.1 Å². The first kappa shape index (κ1) is 18.5. The molecule has 0 aliphatic heterocycles. The standard InChI is InChI=1S/C18H19N5O3S/c1-13-19-17(12-23(13)2)27(25,26)22-16-10-6-9-15(11-16)21-18(24)20-14-7-4-3-5-8-14/h3-12,22H,1-2H3,(H2,20,21,24). The van der Waals surface area contributed by atoms with Gasteiger partial charge < -0.3 is 15.2 Å². The van der Waals surface area contributed by atoms with E-state index in [4.69, 9.17) is 0 Å². The van der Waals surface area contributed by atoms with E-state index in [-0.39, 0.29) is 5.03 Å². The quantitative estimate of drug-likeness (QED) is 0.627. The molecule has 140 valence electrons. The van der Waals surface area contributed by atoms with Crippen LogP contribution in [0.3, 0.4) is 0 Å². The molecule has 0 aliphatic carbocycles. The molecule has 2 aromatic carbocycles. The molecular formula is C18H19N5O3S. The number of sulfonamides is 1. The molecule has 3 N–H and O–H groups in total. The van der Waals surface area contributed by atoms with Crippen LogP contribution in [-0.2, 0) is 17.1 Å². The predicted octanol–water partition coefficient (Wildman–Crippen LogP) is 3.17. The number of urea groups is 1. The Labute approximate surface area is 157 Å². The summed E-state index contributed by atoms with van der Waals surface area (Å²) in [6, 6.07) is 15.0. The molecule has 0 fully saturated rings. The van der Waals surface area contributed by atoms with Crippen LogP contribution in [0.25, 0.3) is 0 Å². The van der Waals surface area contributed by atoms with Gasteiger partial charge in [-0.25, -0.2) is 9.78 Å². The van der Waals surface area contributed by atoms with Crippen molar-refractivity contribution in [2.24, 2.45) is 7.05 Å². The molecule has 0 saturated carbocycles. The number of imidazole rings is 1. The number of aryl methyl sites for hydroxylation is 2. The number of rotatable bonds is 5. The zero-order valence-electron chi connectivity index (χ0n) is 14.8. The summed E-state index contributed by atoms with van der Waals surface area (Å²) in [6.07, 6.45) is 1.44. The van der Waals surface area contributed by atoms with E-state index in [9.17, 15) is 13.2 Å². The number of aromatic nitrogens is 2. The first-order valence-electron chi connectivity index (χ1n) is 8.09. The Morgan fingerprint density at radius 3 is 2.26 bits per heavy atom. The topological polar surface area (TPSA) is 105 Å². The zero-order chi connectivity index (χ0) is 19.4. The Kier molecular flexibility index (Phi) is 5.13. The minimum atomic E-state index is -3.82. The van der Waals surface area contributed by atoms with E-state index in [2.05, 4.69) is 20.3 Å². The van der Waals surface area contributed by atoms with Gasteiger partial charge in [-0.2, -0.15) is 8.42 Å². The highest BCUT2D eigenvalue weighted by Crippen LogP contribution is 2.19. The second kappa shape index (κ2) is 7.50. The number of benzene rings is 2. The van der Waals surface area contributed by atoms with E-state index in [0.29, 0.717) is 22.9 Å². The molecule has 3 rings (SSSR count). The number of para-hydroxylation sites is 1. The summed E-state index contributed by atoms with van der Waals surface area (Å²) in [5.41, 5.74) is 1.41. The number of hydrogen-bond donors (Lipinski definition) is 3. The third-order valence-electron chi connectivity index (χ3n) is 3.77. The minimum Gasteiger partial charge on any atom is -0.337 e. The lowest BCUT2D eigenvalue weighted by molar-refractivity contribution is 0.262. The van der Waals surface area contributed by atoms with Gasteiger partial charge in [0, 0.05) is 24.6 Å². The van der Waals surface area contributed by atoms with Crippen molar-refractivity contribution in [3.8, 4) is 0 Å². The van der Waals surface area contributed by atoms with E-state index in [1.165, 1.54) is 12.3 Å². The van der Waals surface area contributed by atoms with E-state index in [0.717, 1.165) is 0 Å². The molecule has 0 unspecified atom stereocenters. The van der Waals surface area contributed by atoms with Crippen LogP contribution < -0.4 is 15.4 Å². The van der Waals surface area contributed by atoms with Gasteiger partial charge >= 0.3 is 6.03 Å². The Balaban J connectivity index is 1.71. The van der Waals surface area contributed by atoms with Gasteiger partial charge in [-0.05, 0) is 37.3 Å². The Morgan fingerprint density at radius 1 is 0.963 bits per heavy atom. The van der Waals surface area contributed by atoms with Gasteiger partial charge in [0.2, 0.25) is 0 Å². The fourth-order valence-corrected chi connectivity index (χ4v) is 3.43. The van der Waals surface area contributed by atoms with Crippen molar-refractivity contribution in [2.75, 3.05) is 15.4 Å². The third kappa shape index (κ3) is 4.64. The average molecular weight is 385 g/mol. The summed E-state index contributed by atoms with van der Waals surface area (Å²) >= 11 is 0. The Bertz CT molecular complexity index is 1040. The van der Waals surface area contributed by atoms with E-state index >= 15 is 0 Å². The number of nitrogens with one attached hydrogen (secondary N) is 3. The van der Waals surface area contributed by atoms with Crippen molar-refractivity contribution < 1.29 is 13.2 Å². The summed E-state index contributed by atoms with van der Waals surface area (Å²) < 4.78 is 29.0. The molecule has 0 saturated heterocycles. The maximum absolute atomic E-state index is 12.5. The molecule has 0 radical (unpaired) electrons. The van der Waals surface area contributed by atoms with Gasteiger partial charge in [0.05, 0.1) is 5.69 Å². The van der Waals surface area contributed by atoms with Crippen molar-refractivity contribution in [3.05, 3.63) is 66.6 Å². The Hall–Kier alpha value is -3.33. The van der Waals surface area contributed by atoms with Gasteiger partial charge in [0.15, 0.2) is 5.03 Å². The van der Waals surface area contributed by atoms with Gasteiger partial charge in [0.1, 0.15) is 5.82 Å². The normalized spacial score (nSPS) is 11.0. The lowest BCUT2D eigenvalue weighted by atomic mass is 10.3. The maximum Gasteiger partial charge on any atom is 0.323 e. The molecule has 3 aromatic rings. The zero-order valence-corrected chi connectivity index (χ0v) is 15.6. The summed E-state index contributed by atoms with van der Waals surface area (Å²) in [6.45, 7) is 1.72. The van der Waals surface area contributed by atoms with Crippen molar-refractivity contribution in [3.63, 3.8) is 0 Å². The monoisotopic (exact) mass is 385 g/mol. The van der Waals surface area contributed by atoms with Crippen LogP contribution in [0.2, 0.25) is 0 Å². The average Bonchev–Trinajstić information content (AvgIpc) is 2.95. The van der Waals surface area contributed by atoms with E-state index in [1.54, 1.807) is 48.9 Å². The summed E-state index contributed by atoms with van der Waals surface area (Å²) in [5, 5.41) is 5.29. The number of hydrogen-bond acceptors (Lipinski definition) is 4. The lowest BCUT2D eigenvalue weighted by Gasteiger charge is -2.10. The molecule has 8 nitrogen and oxygen atoms in total. The molecule has 0 bridgehead atoms. The fraction of sp³-hybridized carbons (Fsp3) is 0.111. The fourth-order valence-electron chi connectivity index (χ4n) is 2.34. The molecule has 1 aromatic heterocycles. The summed E-state index contributed by atoms with van der Waals surface area (Å²) in [7, 11) is -2.10. The van der Waals surface area contributed by atoms with Crippen LogP contribution in [0.1, 0.15) is 5.82 Å². The SMILES string of the molecule is Cc1nc(S(=O)(=O)Nc2cccc(NC(=O)Nc3ccccc3)c2)cn1C. The van der Waals surface area contributed by atoms with Crippen LogP contribution in [-0.4, -0.2) is 24.0 Å². The highest BCUT2D eigenvalue weighted by molar-refractivity contribution is 7.92. The summed E-state index contributed by atoms with van der Waals surface area (Å²) in [5.74, 6) is 0.586. The molecular weight excluding hydrogens is 366 g/mol. The van der Waals surface area contributed by atoms with E-state index in [1.807, 2.05) is 18.2 Å². The van der Waals surface area contributed by atoms with Crippen LogP contribution in [0.4, 0.5) is 21.9 Å². The number of carbonyl (C=O) groups excluding carboxylic acids is 1. The first-order valence-corrected chi connectivity index (χ1v) is 9.58. The second-order valence-electron chi connectivity index (χ2n) is 5.87. The second-order valence-corrected chi connectivity index (χ2v) is 7.50. The van der Waals surface area contributed by atoms with Crippen molar-refractivity contribution in [2.45, 2.75) is 11.9 Å². The van der Waals surface area contributed by atoms with Crippen LogP contribution in [0.5, 0.6) is 0 Å². The molecule has 0 atom stereocenters. The number of nitrogens with zero attached hydrogens (tertiary/aromatic N) is 2. The minimum absolute atomic E-state index is 0.0670. The molecule has 9 heteroatoms. The maximum atomic E-state index is 12.5. The van der Waals surface area contributed by atoms with Crippen LogP contribution >= 0.6 is 0 Å². The number of carbonyl (C=O) groups is 1. The molecule has 1 heterocycles. The van der Waals surface area contributed by atoms with Crippen molar-refractivity contribution in [1.82, 2.24) is 9.55 Å². The first-order chi connectivity index (χ1) is 12.8. The predicted molar refractivity (Wildman–Crippen MR) is 104 cm³/mol. The van der Waals surface area contributed by atoms with Gasteiger partial charge in [-0.3, -0.25) is 4.72 Å². The van der Waals surface area contributed by atoms with E-state index < -0.39 is 16.1 Å². The highest BCUT2D eigenvalue weighted by atomic mass is 32.2. The third-order valence-corrected chi connectivity index (χ3v) is 5.02. The van der Waals surface area contributed by atoms with Gasteiger partial charge in [0.25, 0.3) is 10.0 Å². The summed E-state index contributed by atoms with van der Waals surface area (Å²) in [4.78, 5) is 16.1. The van der Waals surface area contributed by atoms with Gasteiger partial charge in [-0.1, -0.05) is 24.3 Å².